The van der Waals surface area contributed by atoms with Gasteiger partial charge in [-0.25, -0.2) is 27.1 Å². The van der Waals surface area contributed by atoms with Crippen molar-refractivity contribution in [3.05, 3.63) is 72.8 Å². The van der Waals surface area contributed by atoms with Crippen molar-refractivity contribution in [1.29, 1.82) is 0 Å². The lowest BCUT2D eigenvalue weighted by atomic mass is 10.1. The molecule has 0 aliphatic carbocycles. The van der Waals surface area contributed by atoms with Crippen LogP contribution in [0.3, 0.4) is 0 Å². The number of sulfonamides is 2. The second-order valence-corrected chi connectivity index (χ2v) is 12.2. The van der Waals surface area contributed by atoms with Gasteiger partial charge in [-0.15, -0.1) is 0 Å². The predicted molar refractivity (Wildman–Crippen MR) is 133 cm³/mol. The Kier molecular flexibility index (Phi) is 6.28. The number of fused-ring (bicyclic) bond motifs is 1. The van der Waals surface area contributed by atoms with Crippen LogP contribution >= 0.6 is 0 Å². The van der Waals surface area contributed by atoms with E-state index in [0.717, 1.165) is 23.3 Å². The number of rotatable bonds is 6. The third-order valence-corrected chi connectivity index (χ3v) is 8.05. The van der Waals surface area contributed by atoms with Crippen molar-refractivity contribution in [2.24, 2.45) is 10.3 Å². The molecule has 4 rings (SSSR count). The molecule has 0 amide bonds. The number of nitrogens with two attached hydrogens (primary N) is 2. The Balaban J connectivity index is 1.99. The lowest BCUT2D eigenvalue weighted by Crippen LogP contribution is -2.16. The topological polar surface area (TPSA) is 207 Å². The van der Waals surface area contributed by atoms with E-state index in [1.54, 1.807) is 24.3 Å². The number of nitrogens with one attached hydrogen (secondary N) is 1. The van der Waals surface area contributed by atoms with Crippen molar-refractivity contribution in [3.8, 4) is 16.9 Å². The molecule has 0 spiro atoms. The number of aromatic hydroxyl groups is 1. The standard InChI is InChI=1S/C22H19N3O8S3/c23-34(27,28)16-10-17-20(35(24,29)30)12-18(22(36(31,32)33)21(17)19(26)11-16)25-15-8-6-14(7-9-15)13-4-2-1-3-5-13/h1-12,25-26H,(H2,23,27,28)(H2,24,29,30)(H,31,32,33). The Bertz CT molecular complexity index is 1820. The highest BCUT2D eigenvalue weighted by Crippen LogP contribution is 2.42. The van der Waals surface area contributed by atoms with Crippen molar-refractivity contribution in [2.75, 3.05) is 5.32 Å². The highest BCUT2D eigenvalue weighted by Gasteiger charge is 2.29. The second kappa shape index (κ2) is 8.85. The summed E-state index contributed by atoms with van der Waals surface area (Å²) in [4.78, 5) is -2.31. The maximum atomic E-state index is 12.4. The maximum Gasteiger partial charge on any atom is 0.297 e. The number of hydrogen-bond acceptors (Lipinski definition) is 8. The van der Waals surface area contributed by atoms with E-state index in [2.05, 4.69) is 5.32 Å². The molecule has 4 aromatic rings. The van der Waals surface area contributed by atoms with E-state index in [0.29, 0.717) is 11.8 Å². The molecule has 0 aliphatic heterocycles. The molecule has 0 aliphatic rings. The van der Waals surface area contributed by atoms with Crippen molar-refractivity contribution >= 4 is 52.3 Å². The molecule has 0 heterocycles. The summed E-state index contributed by atoms with van der Waals surface area (Å²) in [7, 11) is -14.1. The summed E-state index contributed by atoms with van der Waals surface area (Å²) in [6.07, 6.45) is 0. The molecule has 0 saturated carbocycles. The van der Waals surface area contributed by atoms with Gasteiger partial charge in [0.15, 0.2) is 0 Å². The number of hydrogen-bond donors (Lipinski definition) is 5. The van der Waals surface area contributed by atoms with E-state index in [1.165, 1.54) is 0 Å². The Morgan fingerprint density at radius 1 is 0.722 bits per heavy atom. The smallest absolute Gasteiger partial charge is 0.297 e. The molecule has 0 atom stereocenters. The molecule has 188 valence electrons. The van der Waals surface area contributed by atoms with Gasteiger partial charge in [0.2, 0.25) is 20.0 Å². The fraction of sp³-hybridized carbons (Fsp3) is 0. The van der Waals surface area contributed by atoms with Crippen LogP contribution in [0, 0.1) is 0 Å². The van der Waals surface area contributed by atoms with Crippen LogP contribution in [-0.4, -0.2) is 34.9 Å². The first kappa shape index (κ1) is 25.6. The number of benzene rings is 4. The van der Waals surface area contributed by atoms with E-state index in [4.69, 9.17) is 10.3 Å². The first-order chi connectivity index (χ1) is 16.7. The quantitative estimate of drug-likeness (QED) is 0.224. The first-order valence-electron chi connectivity index (χ1n) is 9.95. The lowest BCUT2D eigenvalue weighted by molar-refractivity contribution is 0.473. The van der Waals surface area contributed by atoms with Crippen LogP contribution in [-0.2, 0) is 30.2 Å². The highest BCUT2D eigenvalue weighted by molar-refractivity contribution is 7.89. The maximum absolute atomic E-state index is 12.4. The van der Waals surface area contributed by atoms with Crippen molar-refractivity contribution in [3.63, 3.8) is 0 Å². The van der Waals surface area contributed by atoms with Crippen molar-refractivity contribution in [2.45, 2.75) is 14.7 Å². The third-order valence-electron chi connectivity index (χ3n) is 5.27. The molecule has 4 aromatic carbocycles. The zero-order valence-corrected chi connectivity index (χ0v) is 20.6. The fourth-order valence-corrected chi connectivity index (χ4v) is 5.90. The minimum absolute atomic E-state index is 0.306. The van der Waals surface area contributed by atoms with Crippen LogP contribution in [0.5, 0.6) is 5.75 Å². The zero-order valence-electron chi connectivity index (χ0n) is 18.2. The van der Waals surface area contributed by atoms with E-state index in [-0.39, 0.29) is 0 Å². The molecule has 36 heavy (non-hydrogen) atoms. The Morgan fingerprint density at radius 2 is 1.31 bits per heavy atom. The molecule has 0 aromatic heterocycles. The second-order valence-electron chi connectivity index (χ2n) is 7.75. The van der Waals surface area contributed by atoms with E-state index in [1.807, 2.05) is 30.3 Å². The average Bonchev–Trinajstić information content (AvgIpc) is 2.77. The highest BCUT2D eigenvalue weighted by atomic mass is 32.2. The third kappa shape index (κ3) is 5.04. The summed E-state index contributed by atoms with van der Waals surface area (Å²) in [5.41, 5.74) is 1.63. The SMILES string of the molecule is NS(=O)(=O)c1cc(O)c2c(S(=O)(=O)O)c(Nc3ccc(-c4ccccc4)cc3)cc(S(N)(=O)=O)c2c1. The van der Waals surface area contributed by atoms with Crippen LogP contribution in [0.2, 0.25) is 0 Å². The van der Waals surface area contributed by atoms with Gasteiger partial charge < -0.3 is 10.4 Å². The fourth-order valence-electron chi connectivity index (χ4n) is 3.74. The molecule has 0 fully saturated rings. The van der Waals surface area contributed by atoms with Crippen LogP contribution in [0.15, 0.2) is 87.5 Å². The summed E-state index contributed by atoms with van der Waals surface area (Å²) in [5.74, 6) is -0.961. The predicted octanol–water partition coefficient (Wildman–Crippen LogP) is 2.50. The van der Waals surface area contributed by atoms with E-state index in [9.17, 15) is 34.9 Å². The van der Waals surface area contributed by atoms with Gasteiger partial charge in [-0.2, -0.15) is 8.42 Å². The molecule has 0 unspecified atom stereocenters. The summed E-state index contributed by atoms with van der Waals surface area (Å²) >= 11 is 0. The Morgan fingerprint density at radius 3 is 1.83 bits per heavy atom. The molecule has 0 saturated heterocycles. The number of phenolic OH excluding ortho intramolecular Hbond substituents is 1. The van der Waals surface area contributed by atoms with Gasteiger partial charge in [0.25, 0.3) is 10.1 Å². The van der Waals surface area contributed by atoms with Crippen LogP contribution < -0.4 is 15.6 Å². The summed E-state index contributed by atoms with van der Waals surface area (Å²) < 4.78 is 83.1. The van der Waals surface area contributed by atoms with Gasteiger partial charge in [-0.05, 0) is 35.4 Å². The summed E-state index contributed by atoms with van der Waals surface area (Å²) in [5, 5.41) is 22.4. The lowest BCUT2D eigenvalue weighted by Gasteiger charge is -2.17. The van der Waals surface area contributed by atoms with Gasteiger partial charge in [0.1, 0.15) is 10.6 Å². The van der Waals surface area contributed by atoms with Crippen molar-refractivity contribution < 1.29 is 34.9 Å². The summed E-state index contributed by atoms with van der Waals surface area (Å²) in [6, 6.07) is 18.2. The van der Waals surface area contributed by atoms with Crippen LogP contribution in [0.25, 0.3) is 21.9 Å². The van der Waals surface area contributed by atoms with Crippen LogP contribution in [0.1, 0.15) is 0 Å². The monoisotopic (exact) mass is 549 g/mol. The largest absolute Gasteiger partial charge is 0.507 e. The van der Waals surface area contributed by atoms with Crippen LogP contribution in [0.4, 0.5) is 11.4 Å². The molecule has 14 heteroatoms. The molecular formula is C22H19N3O8S3. The van der Waals surface area contributed by atoms with E-state index >= 15 is 0 Å². The number of primary sulfonamides is 2. The van der Waals surface area contributed by atoms with Gasteiger partial charge in [0, 0.05) is 22.5 Å². The molecule has 7 N–H and O–H groups in total. The van der Waals surface area contributed by atoms with Crippen molar-refractivity contribution in [1.82, 2.24) is 0 Å². The zero-order chi connectivity index (χ0) is 26.5. The minimum Gasteiger partial charge on any atom is -0.507 e. The van der Waals surface area contributed by atoms with Gasteiger partial charge in [-0.1, -0.05) is 42.5 Å². The van der Waals surface area contributed by atoms with Gasteiger partial charge >= 0.3 is 0 Å². The molecular weight excluding hydrogens is 530 g/mol. The molecule has 0 radical (unpaired) electrons. The summed E-state index contributed by atoms with van der Waals surface area (Å²) in [6.45, 7) is 0. The van der Waals surface area contributed by atoms with Gasteiger partial charge in [-0.3, -0.25) is 4.55 Å². The number of phenols is 1. The minimum atomic E-state index is -5.10. The van der Waals surface area contributed by atoms with E-state index < -0.39 is 67.1 Å². The normalized spacial score (nSPS) is 12.5. The Labute approximate surface area is 206 Å². The molecule has 11 nitrogen and oxygen atoms in total. The first-order valence-corrected chi connectivity index (χ1v) is 14.5. The number of anilines is 2. The van der Waals surface area contributed by atoms with Gasteiger partial charge in [0.05, 0.1) is 15.5 Å². The average molecular weight is 550 g/mol. The Hall–Kier alpha value is -3.53. The molecule has 0 bridgehead atoms.